The second-order valence-electron chi connectivity index (χ2n) is 13.2. The number of aliphatic imine (C=N–C) groups is 1. The van der Waals surface area contributed by atoms with Gasteiger partial charge in [0.05, 0.1) is 26.3 Å². The molecule has 0 saturated carbocycles. The predicted octanol–water partition coefficient (Wildman–Crippen LogP) is 8.29. The standard InChI is InChI=1S/C41H68N8O3/c1-5-7-9-10-11-12-13-14-15-16-17-18-19-20-21-24-38(50)46-27-23-22-25-44-30-33-28-36(51-3)34(37(29-33)52-4)31-45-32-35-39(42)40(47-26-8-6-2)49-41(43)48-35/h11-12,14-15,28-29,32,44H,5-10,13,16-27,30-31,42H2,1-4H3,(H,46,50)(H3,43,47,48,49)/b12-11-,15-14-,45-32?. The SMILES string of the molecule is CCCCC/C=C\C/C=C\CCCCCCCC(=O)NCCCCNCc1cc(OC)c(CN=Cc2nc(N)nc(NCCCC)c2N)c(OC)c1. The van der Waals surface area contributed by atoms with Crippen LogP contribution in [0.3, 0.4) is 0 Å². The Labute approximate surface area is 313 Å². The molecule has 0 aliphatic carbocycles. The highest BCUT2D eigenvalue weighted by molar-refractivity contribution is 5.89. The van der Waals surface area contributed by atoms with Gasteiger partial charge in [0.1, 0.15) is 22.9 Å². The summed E-state index contributed by atoms with van der Waals surface area (Å²) in [5.41, 5.74) is 14.9. The first kappa shape index (κ1) is 44.0. The number of allylic oxidation sites excluding steroid dienone is 4. The van der Waals surface area contributed by atoms with Crippen molar-refractivity contribution in [1.82, 2.24) is 20.6 Å². The third-order valence-corrected chi connectivity index (χ3v) is 8.73. The number of nitrogens with zero attached hydrogens (tertiary/aromatic N) is 3. The molecule has 52 heavy (non-hydrogen) atoms. The molecule has 1 aromatic carbocycles. The van der Waals surface area contributed by atoms with E-state index in [1.165, 1.54) is 44.9 Å². The van der Waals surface area contributed by atoms with Gasteiger partial charge in [0.15, 0.2) is 5.82 Å². The van der Waals surface area contributed by atoms with Crippen molar-refractivity contribution in [2.45, 2.75) is 130 Å². The van der Waals surface area contributed by atoms with Crippen molar-refractivity contribution >= 4 is 29.6 Å². The van der Waals surface area contributed by atoms with Gasteiger partial charge >= 0.3 is 0 Å². The Balaban J connectivity index is 1.62. The first-order valence-corrected chi connectivity index (χ1v) is 19.6. The van der Waals surface area contributed by atoms with Gasteiger partial charge in [-0.15, -0.1) is 0 Å². The third kappa shape index (κ3) is 18.9. The van der Waals surface area contributed by atoms with Crippen molar-refractivity contribution in [3.63, 3.8) is 0 Å². The molecular formula is C41H68N8O3. The number of carbonyl (C=O) groups excluding carboxylic acids is 1. The zero-order valence-electron chi connectivity index (χ0n) is 32.6. The van der Waals surface area contributed by atoms with E-state index in [2.05, 4.69) is 69.1 Å². The number of amides is 1. The molecule has 2 rings (SSSR count). The monoisotopic (exact) mass is 721 g/mol. The maximum Gasteiger partial charge on any atom is 0.222 e. The third-order valence-electron chi connectivity index (χ3n) is 8.73. The van der Waals surface area contributed by atoms with Gasteiger partial charge in [-0.05, 0) is 82.0 Å². The number of hydrogen-bond donors (Lipinski definition) is 5. The van der Waals surface area contributed by atoms with E-state index in [1.54, 1.807) is 20.4 Å². The van der Waals surface area contributed by atoms with Crippen LogP contribution in [-0.2, 0) is 17.9 Å². The number of hydrogen-bond acceptors (Lipinski definition) is 10. The molecule has 0 spiro atoms. The lowest BCUT2D eigenvalue weighted by Gasteiger charge is -2.15. The highest BCUT2D eigenvalue weighted by Crippen LogP contribution is 2.31. The summed E-state index contributed by atoms with van der Waals surface area (Å²) in [5.74, 6) is 2.20. The van der Waals surface area contributed by atoms with Gasteiger partial charge in [0, 0.05) is 32.3 Å². The average Bonchev–Trinajstić information content (AvgIpc) is 3.14. The van der Waals surface area contributed by atoms with Crippen molar-refractivity contribution in [2.75, 3.05) is 50.6 Å². The van der Waals surface area contributed by atoms with Gasteiger partial charge in [-0.1, -0.05) is 76.7 Å². The zero-order chi connectivity index (χ0) is 37.7. The minimum absolute atomic E-state index is 0.134. The van der Waals surface area contributed by atoms with E-state index in [-0.39, 0.29) is 11.9 Å². The number of rotatable bonds is 30. The fraction of sp³-hybridized carbons (Fsp3) is 0.610. The van der Waals surface area contributed by atoms with Crippen LogP contribution in [0.5, 0.6) is 11.5 Å². The van der Waals surface area contributed by atoms with E-state index in [0.717, 1.165) is 75.6 Å². The Kier molecular flexibility index (Phi) is 24.1. The Morgan fingerprint density at radius 2 is 1.44 bits per heavy atom. The fourth-order valence-electron chi connectivity index (χ4n) is 5.66. The summed E-state index contributed by atoms with van der Waals surface area (Å²) in [6.07, 6.45) is 28.5. The highest BCUT2D eigenvalue weighted by Gasteiger charge is 2.13. The summed E-state index contributed by atoms with van der Waals surface area (Å²) in [7, 11) is 3.28. The maximum atomic E-state index is 12.2. The normalized spacial score (nSPS) is 11.6. The minimum atomic E-state index is 0.134. The lowest BCUT2D eigenvalue weighted by atomic mass is 10.1. The van der Waals surface area contributed by atoms with E-state index >= 15 is 0 Å². The minimum Gasteiger partial charge on any atom is -0.496 e. The number of ether oxygens (including phenoxy) is 2. The lowest BCUT2D eigenvalue weighted by Crippen LogP contribution is -2.25. The van der Waals surface area contributed by atoms with E-state index in [0.29, 0.717) is 54.8 Å². The number of benzene rings is 1. The van der Waals surface area contributed by atoms with Gasteiger partial charge < -0.3 is 36.9 Å². The van der Waals surface area contributed by atoms with E-state index in [4.69, 9.17) is 20.9 Å². The van der Waals surface area contributed by atoms with Gasteiger partial charge in [-0.3, -0.25) is 9.79 Å². The summed E-state index contributed by atoms with van der Waals surface area (Å²) in [5, 5.41) is 9.78. The summed E-state index contributed by atoms with van der Waals surface area (Å²) >= 11 is 0. The largest absolute Gasteiger partial charge is 0.496 e. The molecule has 11 nitrogen and oxygen atoms in total. The lowest BCUT2D eigenvalue weighted by molar-refractivity contribution is -0.121. The van der Waals surface area contributed by atoms with Crippen LogP contribution >= 0.6 is 0 Å². The molecule has 0 unspecified atom stereocenters. The van der Waals surface area contributed by atoms with Crippen LogP contribution in [0, 0.1) is 0 Å². The molecule has 11 heteroatoms. The number of carbonyl (C=O) groups is 1. The van der Waals surface area contributed by atoms with Gasteiger partial charge in [-0.2, -0.15) is 4.98 Å². The summed E-state index contributed by atoms with van der Waals surface area (Å²) in [6.45, 7) is 7.64. The first-order valence-electron chi connectivity index (χ1n) is 19.6. The molecule has 0 aliphatic heterocycles. The number of unbranched alkanes of at least 4 members (excludes halogenated alkanes) is 10. The molecule has 2 aromatic rings. The molecule has 0 atom stereocenters. The quantitative estimate of drug-likeness (QED) is 0.0304. The van der Waals surface area contributed by atoms with Crippen molar-refractivity contribution in [1.29, 1.82) is 0 Å². The molecule has 7 N–H and O–H groups in total. The summed E-state index contributed by atoms with van der Waals surface area (Å²) < 4.78 is 11.4. The van der Waals surface area contributed by atoms with Crippen molar-refractivity contribution in [3.8, 4) is 11.5 Å². The highest BCUT2D eigenvalue weighted by atomic mass is 16.5. The van der Waals surface area contributed by atoms with Crippen LogP contribution in [-0.4, -0.2) is 55.9 Å². The molecule has 1 heterocycles. The molecule has 0 saturated heterocycles. The van der Waals surface area contributed by atoms with E-state index in [1.807, 2.05) is 12.1 Å². The molecule has 0 fully saturated rings. The predicted molar refractivity (Wildman–Crippen MR) is 218 cm³/mol. The van der Waals surface area contributed by atoms with Crippen molar-refractivity contribution < 1.29 is 14.3 Å². The van der Waals surface area contributed by atoms with Gasteiger partial charge in [0.2, 0.25) is 11.9 Å². The Bertz CT molecular complexity index is 1340. The maximum absolute atomic E-state index is 12.2. The van der Waals surface area contributed by atoms with Crippen LogP contribution in [0.2, 0.25) is 0 Å². The van der Waals surface area contributed by atoms with Crippen molar-refractivity contribution in [3.05, 3.63) is 53.3 Å². The summed E-state index contributed by atoms with van der Waals surface area (Å²) in [4.78, 5) is 25.3. The van der Waals surface area contributed by atoms with Crippen LogP contribution in [0.4, 0.5) is 17.5 Å². The molecule has 290 valence electrons. The first-order chi connectivity index (χ1) is 25.4. The molecule has 0 aliphatic rings. The number of nitrogens with one attached hydrogen (secondary N) is 3. The molecule has 1 aromatic heterocycles. The number of methoxy groups -OCH3 is 2. The molecular weight excluding hydrogens is 653 g/mol. The Morgan fingerprint density at radius 1 is 0.788 bits per heavy atom. The Hall–Kier alpha value is -4.12. The van der Waals surface area contributed by atoms with Crippen LogP contribution in [0.15, 0.2) is 41.4 Å². The van der Waals surface area contributed by atoms with Crippen molar-refractivity contribution in [2.24, 2.45) is 4.99 Å². The fourth-order valence-corrected chi connectivity index (χ4v) is 5.66. The number of nitrogens with two attached hydrogens (primary N) is 2. The topological polar surface area (TPSA) is 162 Å². The van der Waals surface area contributed by atoms with E-state index in [9.17, 15) is 4.79 Å². The van der Waals surface area contributed by atoms with Crippen LogP contribution in [0.25, 0.3) is 0 Å². The number of nitrogen functional groups attached to an aromatic ring is 2. The second-order valence-corrected chi connectivity index (χ2v) is 13.2. The average molecular weight is 721 g/mol. The number of aromatic nitrogens is 2. The van der Waals surface area contributed by atoms with Crippen LogP contribution in [0.1, 0.15) is 133 Å². The second kappa shape index (κ2) is 28.5. The van der Waals surface area contributed by atoms with Gasteiger partial charge in [0.25, 0.3) is 0 Å². The van der Waals surface area contributed by atoms with Gasteiger partial charge in [-0.25, -0.2) is 4.98 Å². The number of anilines is 3. The van der Waals surface area contributed by atoms with Crippen LogP contribution < -0.4 is 36.9 Å². The molecule has 0 radical (unpaired) electrons. The zero-order valence-corrected chi connectivity index (χ0v) is 32.6. The smallest absolute Gasteiger partial charge is 0.222 e. The summed E-state index contributed by atoms with van der Waals surface area (Å²) in [6, 6.07) is 4.00. The molecule has 0 bridgehead atoms. The van der Waals surface area contributed by atoms with E-state index < -0.39 is 0 Å². The molecule has 1 amide bonds. The Morgan fingerprint density at radius 3 is 2.13 bits per heavy atom.